The molecule has 0 aromatic rings. The molecule has 0 amide bonds. The van der Waals surface area contributed by atoms with Gasteiger partial charge in [-0.1, -0.05) is 18.2 Å². The Morgan fingerprint density at radius 1 is 1.44 bits per heavy atom. The Morgan fingerprint density at radius 2 is 2.15 bits per heavy atom. The molecule has 3 aliphatic rings. The molecule has 1 heterocycles. The van der Waals surface area contributed by atoms with Crippen molar-refractivity contribution in [3.05, 3.63) is 47.1 Å². The van der Waals surface area contributed by atoms with Crippen molar-refractivity contribution in [2.75, 3.05) is 13.2 Å². The van der Waals surface area contributed by atoms with E-state index < -0.39 is 54.8 Å². The van der Waals surface area contributed by atoms with Crippen molar-refractivity contribution in [2.45, 2.75) is 38.1 Å². The lowest BCUT2D eigenvalue weighted by atomic mass is 9.76. The van der Waals surface area contributed by atoms with Crippen LogP contribution in [0.2, 0.25) is 0 Å². The Bertz CT molecular complexity index is 775. The SMILES string of the molecule is C=C1C(=O)O[C@H]2[C@@H]1[C@@H](OC(=O)/C(=C/CO)CO)C=C(C)[C@]1(O)CC=C(C)[C@H]21. The molecule has 146 valence electrons. The molecule has 0 unspecified atom stereocenters. The van der Waals surface area contributed by atoms with Gasteiger partial charge in [0.05, 0.1) is 36.2 Å². The van der Waals surface area contributed by atoms with Gasteiger partial charge in [-0.2, -0.15) is 0 Å². The van der Waals surface area contributed by atoms with Crippen LogP contribution in [0.1, 0.15) is 20.3 Å². The Hall–Kier alpha value is -2.22. The van der Waals surface area contributed by atoms with Crippen molar-refractivity contribution >= 4 is 11.9 Å². The summed E-state index contributed by atoms with van der Waals surface area (Å²) in [6.07, 6.45) is 3.49. The first-order valence-corrected chi connectivity index (χ1v) is 8.84. The van der Waals surface area contributed by atoms with E-state index in [1.54, 1.807) is 13.0 Å². The zero-order chi connectivity index (χ0) is 19.9. The number of fused-ring (bicyclic) bond motifs is 3. The van der Waals surface area contributed by atoms with Gasteiger partial charge in [0.25, 0.3) is 0 Å². The van der Waals surface area contributed by atoms with Gasteiger partial charge in [0, 0.05) is 5.57 Å². The monoisotopic (exact) mass is 376 g/mol. The molecule has 0 bridgehead atoms. The molecule has 7 nitrogen and oxygen atoms in total. The van der Waals surface area contributed by atoms with Crippen LogP contribution in [0.25, 0.3) is 0 Å². The van der Waals surface area contributed by atoms with E-state index >= 15 is 0 Å². The lowest BCUT2D eigenvalue weighted by Gasteiger charge is -2.35. The number of ether oxygens (including phenoxy) is 2. The normalized spacial score (nSPS) is 35.7. The van der Waals surface area contributed by atoms with Gasteiger partial charge in [-0.15, -0.1) is 0 Å². The molecule has 1 aliphatic heterocycles. The Labute approximate surface area is 157 Å². The highest BCUT2D eigenvalue weighted by Crippen LogP contribution is 2.51. The summed E-state index contributed by atoms with van der Waals surface area (Å²) in [5.41, 5.74) is 0.400. The summed E-state index contributed by atoms with van der Waals surface area (Å²) in [5.74, 6) is -2.48. The first kappa shape index (κ1) is 19.5. The molecule has 27 heavy (non-hydrogen) atoms. The van der Waals surface area contributed by atoms with Crippen molar-refractivity contribution in [3.8, 4) is 0 Å². The van der Waals surface area contributed by atoms with Gasteiger partial charge in [-0.25, -0.2) is 9.59 Å². The third-order valence-electron chi connectivity index (χ3n) is 5.79. The lowest BCUT2D eigenvalue weighted by molar-refractivity contribution is -0.147. The molecule has 0 saturated carbocycles. The van der Waals surface area contributed by atoms with Crippen molar-refractivity contribution in [3.63, 3.8) is 0 Å². The van der Waals surface area contributed by atoms with Gasteiger partial charge in [-0.05, 0) is 38.0 Å². The molecule has 3 rings (SSSR count). The highest BCUT2D eigenvalue weighted by Gasteiger charge is 2.58. The fraction of sp³-hybridized carbons (Fsp3) is 0.500. The molecule has 0 aromatic heterocycles. The van der Waals surface area contributed by atoms with Crippen LogP contribution in [-0.4, -0.2) is 58.3 Å². The summed E-state index contributed by atoms with van der Waals surface area (Å²) in [5, 5.41) is 29.6. The minimum absolute atomic E-state index is 0.0878. The lowest BCUT2D eigenvalue weighted by Crippen LogP contribution is -2.44. The highest BCUT2D eigenvalue weighted by atomic mass is 16.6. The average molecular weight is 376 g/mol. The van der Waals surface area contributed by atoms with E-state index in [4.69, 9.17) is 14.6 Å². The summed E-state index contributed by atoms with van der Waals surface area (Å²) in [4.78, 5) is 24.6. The topological polar surface area (TPSA) is 113 Å². The van der Waals surface area contributed by atoms with E-state index in [9.17, 15) is 19.8 Å². The van der Waals surface area contributed by atoms with Crippen molar-refractivity contribution < 1.29 is 34.4 Å². The van der Waals surface area contributed by atoms with Gasteiger partial charge >= 0.3 is 11.9 Å². The van der Waals surface area contributed by atoms with Crippen LogP contribution in [0.3, 0.4) is 0 Å². The molecule has 0 aromatic carbocycles. The van der Waals surface area contributed by atoms with Crippen LogP contribution in [0.5, 0.6) is 0 Å². The number of rotatable bonds is 4. The molecular formula is C20H24O7. The maximum absolute atomic E-state index is 12.4. The van der Waals surface area contributed by atoms with E-state index in [-0.39, 0.29) is 11.1 Å². The molecular weight excluding hydrogens is 352 g/mol. The number of esters is 2. The third kappa shape index (κ3) is 3.05. The Morgan fingerprint density at radius 3 is 2.78 bits per heavy atom. The van der Waals surface area contributed by atoms with Crippen molar-refractivity contribution in [2.24, 2.45) is 11.8 Å². The van der Waals surface area contributed by atoms with E-state index in [2.05, 4.69) is 6.58 Å². The van der Waals surface area contributed by atoms with Crippen LogP contribution >= 0.6 is 0 Å². The first-order chi connectivity index (χ1) is 12.7. The number of hydrogen-bond donors (Lipinski definition) is 3. The number of hydrogen-bond acceptors (Lipinski definition) is 7. The molecule has 5 atom stereocenters. The predicted octanol–water partition coefficient (Wildman–Crippen LogP) is 0.564. The summed E-state index contributed by atoms with van der Waals surface area (Å²) in [7, 11) is 0. The molecule has 1 fully saturated rings. The van der Waals surface area contributed by atoms with Crippen LogP contribution in [0.15, 0.2) is 47.1 Å². The summed E-state index contributed by atoms with van der Waals surface area (Å²) >= 11 is 0. The summed E-state index contributed by atoms with van der Waals surface area (Å²) in [6.45, 7) is 6.43. The first-order valence-electron chi connectivity index (χ1n) is 8.84. The number of aliphatic hydroxyl groups excluding tert-OH is 2. The van der Waals surface area contributed by atoms with Crippen LogP contribution < -0.4 is 0 Å². The van der Waals surface area contributed by atoms with E-state index in [0.717, 1.165) is 11.6 Å². The van der Waals surface area contributed by atoms with Crippen LogP contribution in [-0.2, 0) is 19.1 Å². The number of aliphatic hydroxyl groups is 3. The fourth-order valence-electron chi connectivity index (χ4n) is 4.28. The van der Waals surface area contributed by atoms with Gasteiger partial charge in [-0.3, -0.25) is 0 Å². The maximum Gasteiger partial charge on any atom is 0.336 e. The molecule has 7 heteroatoms. The van der Waals surface area contributed by atoms with E-state index in [0.29, 0.717) is 12.0 Å². The van der Waals surface area contributed by atoms with E-state index in [1.807, 2.05) is 13.0 Å². The zero-order valence-corrected chi connectivity index (χ0v) is 15.3. The average Bonchev–Trinajstić information content (AvgIpc) is 3.05. The number of carbonyl (C=O) groups excluding carboxylic acids is 2. The van der Waals surface area contributed by atoms with Crippen LogP contribution in [0.4, 0.5) is 0 Å². The minimum Gasteiger partial charge on any atom is -0.457 e. The minimum atomic E-state index is -1.22. The van der Waals surface area contributed by atoms with Crippen LogP contribution in [0, 0.1) is 11.8 Å². The third-order valence-corrected chi connectivity index (χ3v) is 5.79. The zero-order valence-electron chi connectivity index (χ0n) is 15.3. The largest absolute Gasteiger partial charge is 0.457 e. The highest BCUT2D eigenvalue weighted by molar-refractivity contribution is 5.92. The number of carbonyl (C=O) groups is 2. The Kier molecular flexibility index (Phi) is 5.12. The molecule has 0 radical (unpaired) electrons. The molecule has 3 N–H and O–H groups in total. The summed E-state index contributed by atoms with van der Waals surface area (Å²) in [6, 6.07) is 0. The van der Waals surface area contributed by atoms with Gasteiger partial charge in [0.2, 0.25) is 0 Å². The predicted molar refractivity (Wildman–Crippen MR) is 95.2 cm³/mol. The fourth-order valence-corrected chi connectivity index (χ4v) is 4.28. The standard InChI is InChI=1S/C20H24O7/c1-10-4-6-20(25)11(2)8-14(26-19(24)13(9-22)5-7-21)15-12(3)18(23)27-17(15)16(10)20/h4-5,8,14-17,21-22,25H,3,6-7,9H2,1-2H3/b13-5+/t14-,15-,16+,17-,20+/m0/s1. The second-order valence-electron chi connectivity index (χ2n) is 7.26. The Balaban J connectivity index is 2.01. The maximum atomic E-state index is 12.4. The second kappa shape index (κ2) is 7.07. The van der Waals surface area contributed by atoms with Crippen molar-refractivity contribution in [1.29, 1.82) is 0 Å². The second-order valence-corrected chi connectivity index (χ2v) is 7.26. The quantitative estimate of drug-likeness (QED) is 0.373. The van der Waals surface area contributed by atoms with Gasteiger partial charge in [0.15, 0.2) is 0 Å². The van der Waals surface area contributed by atoms with Gasteiger partial charge in [0.1, 0.15) is 12.2 Å². The molecule has 2 aliphatic carbocycles. The smallest absolute Gasteiger partial charge is 0.336 e. The summed E-state index contributed by atoms with van der Waals surface area (Å²) < 4.78 is 11.1. The molecule has 0 spiro atoms. The molecule has 1 saturated heterocycles. The van der Waals surface area contributed by atoms with Crippen molar-refractivity contribution in [1.82, 2.24) is 0 Å². The van der Waals surface area contributed by atoms with Gasteiger partial charge < -0.3 is 24.8 Å². The van der Waals surface area contributed by atoms with E-state index in [1.165, 1.54) is 0 Å².